The van der Waals surface area contributed by atoms with E-state index in [9.17, 15) is 0 Å². The molecule has 0 aliphatic carbocycles. The van der Waals surface area contributed by atoms with Crippen LogP contribution < -0.4 is 5.73 Å². The van der Waals surface area contributed by atoms with E-state index in [1.165, 1.54) is 0 Å². The molecular weight excluding hydrogens is 212 g/mol. The smallest absolute Gasteiger partial charge is 0.161 e. The number of fused-ring (bicyclic) bond motifs is 1. The highest BCUT2D eigenvalue weighted by atomic mass is 15.3. The fraction of sp³-hybridized carbons (Fsp3) is 0.0769. The van der Waals surface area contributed by atoms with E-state index in [0.29, 0.717) is 5.82 Å². The minimum atomic E-state index is 0.511. The number of benzene rings is 1. The number of anilines is 1. The fourth-order valence-electron chi connectivity index (χ4n) is 1.99. The van der Waals surface area contributed by atoms with Gasteiger partial charge in [-0.15, -0.1) is 5.10 Å². The van der Waals surface area contributed by atoms with Crippen molar-refractivity contribution in [3.63, 3.8) is 0 Å². The minimum Gasteiger partial charge on any atom is -0.382 e. The summed E-state index contributed by atoms with van der Waals surface area (Å²) < 4.78 is 1.78. The van der Waals surface area contributed by atoms with Crippen molar-refractivity contribution >= 4 is 16.6 Å². The number of nitrogens with zero attached hydrogens (tertiary/aromatic N) is 3. The van der Waals surface area contributed by atoms with Crippen LogP contribution in [0.5, 0.6) is 0 Å². The third kappa shape index (κ3) is 1.54. The second-order valence-corrected chi connectivity index (χ2v) is 3.98. The van der Waals surface area contributed by atoms with E-state index in [2.05, 4.69) is 16.1 Å². The van der Waals surface area contributed by atoms with Crippen LogP contribution in [-0.2, 0) is 0 Å². The van der Waals surface area contributed by atoms with Gasteiger partial charge in [0.05, 0.1) is 0 Å². The molecule has 2 heterocycles. The highest BCUT2D eigenvalue weighted by molar-refractivity contribution is 5.88. The van der Waals surface area contributed by atoms with Crippen LogP contribution in [0.3, 0.4) is 0 Å². The van der Waals surface area contributed by atoms with Crippen LogP contribution in [-0.4, -0.2) is 14.8 Å². The van der Waals surface area contributed by atoms with Crippen LogP contribution >= 0.6 is 0 Å². The predicted octanol–water partition coefficient (Wildman–Crippen LogP) is 2.31. The van der Waals surface area contributed by atoms with Crippen LogP contribution in [0.4, 0.5) is 5.82 Å². The molecule has 0 fully saturated rings. The number of pyridine rings is 1. The normalized spacial score (nSPS) is 10.9. The van der Waals surface area contributed by atoms with E-state index in [0.717, 1.165) is 22.3 Å². The first kappa shape index (κ1) is 9.84. The minimum absolute atomic E-state index is 0.511. The molecule has 84 valence electrons. The zero-order valence-corrected chi connectivity index (χ0v) is 9.46. The standard InChI is InChI=1S/C13H12N4/c1-9-8-12(14)16-17(9)13-11-5-3-2-4-10(11)6-7-15-13/h2-8H,1H3,(H2,14,16). The number of hydrogen-bond donors (Lipinski definition) is 1. The van der Waals surface area contributed by atoms with Crippen molar-refractivity contribution in [1.82, 2.24) is 14.8 Å². The van der Waals surface area contributed by atoms with Gasteiger partial charge in [-0.3, -0.25) is 0 Å². The average Bonchev–Trinajstić information content (AvgIpc) is 2.68. The van der Waals surface area contributed by atoms with Gasteiger partial charge in [0, 0.05) is 23.3 Å². The summed E-state index contributed by atoms with van der Waals surface area (Å²) in [7, 11) is 0. The zero-order valence-electron chi connectivity index (χ0n) is 9.46. The Kier molecular flexibility index (Phi) is 2.08. The van der Waals surface area contributed by atoms with Crippen molar-refractivity contribution in [2.45, 2.75) is 6.92 Å². The molecule has 4 nitrogen and oxygen atoms in total. The summed E-state index contributed by atoms with van der Waals surface area (Å²) in [6, 6.07) is 11.9. The van der Waals surface area contributed by atoms with Crippen LogP contribution in [0, 0.1) is 6.92 Å². The summed E-state index contributed by atoms with van der Waals surface area (Å²) in [5, 5.41) is 6.48. The van der Waals surface area contributed by atoms with Crippen molar-refractivity contribution in [3.8, 4) is 5.82 Å². The first-order valence-electron chi connectivity index (χ1n) is 5.42. The van der Waals surface area contributed by atoms with Gasteiger partial charge in [0.2, 0.25) is 0 Å². The van der Waals surface area contributed by atoms with E-state index < -0.39 is 0 Å². The van der Waals surface area contributed by atoms with E-state index in [1.54, 1.807) is 10.9 Å². The number of nitrogens with two attached hydrogens (primary N) is 1. The number of rotatable bonds is 1. The fourth-order valence-corrected chi connectivity index (χ4v) is 1.99. The summed E-state index contributed by atoms with van der Waals surface area (Å²) in [4.78, 5) is 4.40. The van der Waals surface area contributed by atoms with Crippen molar-refractivity contribution in [3.05, 3.63) is 48.3 Å². The number of nitrogen functional groups attached to an aromatic ring is 1. The van der Waals surface area contributed by atoms with Crippen molar-refractivity contribution < 1.29 is 0 Å². The van der Waals surface area contributed by atoms with Gasteiger partial charge < -0.3 is 5.73 Å². The first-order chi connectivity index (χ1) is 8.25. The highest BCUT2D eigenvalue weighted by Gasteiger charge is 2.08. The Hall–Kier alpha value is -2.36. The van der Waals surface area contributed by atoms with E-state index in [1.807, 2.05) is 37.3 Å². The Morgan fingerprint density at radius 2 is 2.00 bits per heavy atom. The lowest BCUT2D eigenvalue weighted by Crippen LogP contribution is -2.02. The Labute approximate surface area is 98.7 Å². The summed E-state index contributed by atoms with van der Waals surface area (Å²) in [5.74, 6) is 1.33. The largest absolute Gasteiger partial charge is 0.382 e. The molecule has 0 atom stereocenters. The monoisotopic (exact) mass is 224 g/mol. The lowest BCUT2D eigenvalue weighted by Gasteiger charge is -2.06. The Morgan fingerprint density at radius 3 is 2.76 bits per heavy atom. The highest BCUT2D eigenvalue weighted by Crippen LogP contribution is 2.21. The van der Waals surface area contributed by atoms with Gasteiger partial charge in [0.1, 0.15) is 5.82 Å². The van der Waals surface area contributed by atoms with Gasteiger partial charge in [0.15, 0.2) is 5.82 Å². The van der Waals surface area contributed by atoms with Crippen LogP contribution in [0.25, 0.3) is 16.6 Å². The molecule has 0 saturated carbocycles. The summed E-state index contributed by atoms with van der Waals surface area (Å²) in [5.41, 5.74) is 6.68. The molecule has 0 unspecified atom stereocenters. The van der Waals surface area contributed by atoms with Crippen LogP contribution in [0.1, 0.15) is 5.69 Å². The molecule has 0 radical (unpaired) electrons. The molecule has 4 heteroatoms. The van der Waals surface area contributed by atoms with E-state index in [-0.39, 0.29) is 0 Å². The molecule has 0 bridgehead atoms. The molecule has 1 aromatic carbocycles. The lowest BCUT2D eigenvalue weighted by atomic mass is 10.1. The third-order valence-corrected chi connectivity index (χ3v) is 2.76. The average molecular weight is 224 g/mol. The Morgan fingerprint density at radius 1 is 1.18 bits per heavy atom. The molecule has 0 saturated heterocycles. The van der Waals surface area contributed by atoms with Gasteiger partial charge in [0.25, 0.3) is 0 Å². The molecule has 0 amide bonds. The SMILES string of the molecule is Cc1cc(N)nn1-c1nccc2ccccc12. The number of hydrogen-bond acceptors (Lipinski definition) is 3. The molecule has 2 N–H and O–H groups in total. The second-order valence-electron chi connectivity index (χ2n) is 3.98. The molecular formula is C13H12N4. The van der Waals surface area contributed by atoms with Crippen LogP contribution in [0.2, 0.25) is 0 Å². The molecule has 17 heavy (non-hydrogen) atoms. The topological polar surface area (TPSA) is 56.7 Å². The van der Waals surface area contributed by atoms with E-state index in [4.69, 9.17) is 5.73 Å². The molecule has 3 rings (SSSR count). The van der Waals surface area contributed by atoms with E-state index >= 15 is 0 Å². The van der Waals surface area contributed by atoms with Gasteiger partial charge >= 0.3 is 0 Å². The van der Waals surface area contributed by atoms with Gasteiger partial charge in [-0.2, -0.15) is 0 Å². The molecule has 0 spiro atoms. The van der Waals surface area contributed by atoms with Gasteiger partial charge in [-0.1, -0.05) is 24.3 Å². The van der Waals surface area contributed by atoms with Gasteiger partial charge in [-0.25, -0.2) is 9.67 Å². The maximum Gasteiger partial charge on any atom is 0.161 e. The third-order valence-electron chi connectivity index (χ3n) is 2.76. The number of aromatic nitrogens is 3. The van der Waals surface area contributed by atoms with Crippen molar-refractivity contribution in [2.75, 3.05) is 5.73 Å². The molecule has 0 aliphatic rings. The van der Waals surface area contributed by atoms with Crippen LogP contribution in [0.15, 0.2) is 42.6 Å². The maximum absolute atomic E-state index is 5.70. The summed E-state index contributed by atoms with van der Waals surface area (Å²) in [6.07, 6.45) is 1.79. The molecule has 2 aromatic heterocycles. The summed E-state index contributed by atoms with van der Waals surface area (Å²) >= 11 is 0. The predicted molar refractivity (Wildman–Crippen MR) is 68.0 cm³/mol. The number of aryl methyl sites for hydroxylation is 1. The molecule has 3 aromatic rings. The Balaban J connectivity index is 2.34. The first-order valence-corrected chi connectivity index (χ1v) is 5.42. The zero-order chi connectivity index (χ0) is 11.8. The Bertz CT molecular complexity index is 679. The summed E-state index contributed by atoms with van der Waals surface area (Å²) in [6.45, 7) is 1.97. The lowest BCUT2D eigenvalue weighted by molar-refractivity contribution is 0.829. The van der Waals surface area contributed by atoms with Crippen molar-refractivity contribution in [1.29, 1.82) is 0 Å². The second kappa shape index (κ2) is 3.59. The quantitative estimate of drug-likeness (QED) is 0.690. The van der Waals surface area contributed by atoms with Gasteiger partial charge in [-0.05, 0) is 18.4 Å². The molecule has 0 aliphatic heterocycles. The maximum atomic E-state index is 5.70. The van der Waals surface area contributed by atoms with Crippen molar-refractivity contribution in [2.24, 2.45) is 0 Å².